The van der Waals surface area contributed by atoms with E-state index in [0.717, 1.165) is 0 Å². The van der Waals surface area contributed by atoms with Gasteiger partial charge in [-0.1, -0.05) is 45.2 Å². The second-order valence-electron chi connectivity index (χ2n) is 4.82. The molecule has 0 amide bonds. The molecule has 0 heterocycles. The average Bonchev–Trinajstić information content (AvgIpc) is 2.59. The Morgan fingerprint density at radius 3 is 2.52 bits per heavy atom. The van der Waals surface area contributed by atoms with Crippen molar-refractivity contribution in [1.82, 2.24) is 0 Å². The van der Waals surface area contributed by atoms with Gasteiger partial charge in [0.25, 0.3) is 0 Å². The largest absolute Gasteiger partial charge is 0.480 e. The minimum absolute atomic E-state index is 0.0264. The zero-order valence-electron chi connectivity index (χ0n) is 13.1. The van der Waals surface area contributed by atoms with E-state index in [-0.39, 0.29) is 13.2 Å². The van der Waals surface area contributed by atoms with Crippen molar-refractivity contribution >= 4 is 51.1 Å². The van der Waals surface area contributed by atoms with Gasteiger partial charge in [0.05, 0.1) is 17.7 Å². The third-order valence-corrected chi connectivity index (χ3v) is 4.37. The monoisotopic (exact) mass is 446 g/mol. The second kappa shape index (κ2) is 9.08. The van der Waals surface area contributed by atoms with Crippen LogP contribution in [0.15, 0.2) is 40.9 Å². The van der Waals surface area contributed by atoms with Gasteiger partial charge in [0.2, 0.25) is 0 Å². The maximum Gasteiger partial charge on any atom is 0.344 e. The Morgan fingerprint density at radius 1 is 1.12 bits per heavy atom. The van der Waals surface area contributed by atoms with E-state index in [1.165, 1.54) is 13.2 Å². The molecule has 5 nitrogen and oxygen atoms in total. The maximum absolute atomic E-state index is 11.8. The van der Waals surface area contributed by atoms with Crippen molar-refractivity contribution in [3.8, 4) is 5.75 Å². The molecule has 0 aromatic heterocycles. The molecule has 0 aliphatic rings. The van der Waals surface area contributed by atoms with E-state index >= 15 is 0 Å². The number of hydrogen-bond donors (Lipinski definition) is 0. The number of carbonyl (C=O) groups excluding carboxylic acids is 2. The first-order valence-electron chi connectivity index (χ1n) is 7.01. The van der Waals surface area contributed by atoms with Gasteiger partial charge >= 0.3 is 11.9 Å². The van der Waals surface area contributed by atoms with Crippen molar-refractivity contribution in [3.63, 3.8) is 0 Å². The van der Waals surface area contributed by atoms with E-state index in [0.29, 0.717) is 31.4 Å². The molecule has 0 N–H and O–H groups in total. The number of ether oxygens (including phenoxy) is 3. The van der Waals surface area contributed by atoms with E-state index in [1.54, 1.807) is 30.3 Å². The van der Waals surface area contributed by atoms with Crippen LogP contribution in [0.1, 0.15) is 15.9 Å². The molecule has 0 saturated carbocycles. The summed E-state index contributed by atoms with van der Waals surface area (Å²) in [5.41, 5.74) is 1.09. The Morgan fingerprint density at radius 2 is 1.88 bits per heavy atom. The fraction of sp³-hybridized carbons (Fsp3) is 0.176. The molecule has 0 spiro atoms. The summed E-state index contributed by atoms with van der Waals surface area (Å²) in [6.45, 7) is -0.266. The molecule has 132 valence electrons. The summed E-state index contributed by atoms with van der Waals surface area (Å²) in [5, 5.41) is 0.779. The molecular weight excluding hydrogens is 435 g/mol. The van der Waals surface area contributed by atoms with Crippen molar-refractivity contribution in [1.29, 1.82) is 0 Å². The number of benzene rings is 2. The van der Waals surface area contributed by atoms with E-state index in [1.807, 2.05) is 0 Å². The van der Waals surface area contributed by atoms with Gasteiger partial charge in [-0.05, 0) is 30.3 Å². The van der Waals surface area contributed by atoms with Crippen LogP contribution in [-0.2, 0) is 20.9 Å². The molecule has 0 saturated heterocycles. The number of methoxy groups -OCH3 is 1. The topological polar surface area (TPSA) is 61.8 Å². The van der Waals surface area contributed by atoms with Crippen LogP contribution in [0.3, 0.4) is 0 Å². The van der Waals surface area contributed by atoms with Gasteiger partial charge in [0, 0.05) is 15.1 Å². The van der Waals surface area contributed by atoms with Gasteiger partial charge < -0.3 is 14.2 Å². The lowest BCUT2D eigenvalue weighted by molar-refractivity contribution is -0.147. The highest BCUT2D eigenvalue weighted by Gasteiger charge is 2.11. The zero-order chi connectivity index (χ0) is 18.4. The van der Waals surface area contributed by atoms with Crippen molar-refractivity contribution < 1.29 is 23.8 Å². The molecule has 2 aromatic rings. The summed E-state index contributed by atoms with van der Waals surface area (Å²) in [5.74, 6) is -0.668. The highest BCUT2D eigenvalue weighted by molar-refractivity contribution is 9.10. The molecule has 0 atom stereocenters. The summed E-state index contributed by atoms with van der Waals surface area (Å²) in [6, 6.07) is 9.54. The smallest absolute Gasteiger partial charge is 0.344 e. The van der Waals surface area contributed by atoms with E-state index in [9.17, 15) is 9.59 Å². The third kappa shape index (κ3) is 5.63. The number of carbonyl (C=O) groups is 2. The Bertz CT molecular complexity index is 795. The fourth-order valence-corrected chi connectivity index (χ4v) is 2.79. The lowest BCUT2D eigenvalue weighted by atomic mass is 10.1. The molecular formula is C17H13BrCl2O5. The first kappa shape index (κ1) is 19.6. The minimum Gasteiger partial charge on any atom is -0.480 e. The summed E-state index contributed by atoms with van der Waals surface area (Å²) >= 11 is 15.1. The first-order chi connectivity index (χ1) is 11.9. The number of esters is 2. The van der Waals surface area contributed by atoms with Gasteiger partial charge in [-0.15, -0.1) is 0 Å². The van der Waals surface area contributed by atoms with E-state index in [4.69, 9.17) is 32.7 Å². The summed E-state index contributed by atoms with van der Waals surface area (Å²) in [7, 11) is 1.30. The molecule has 0 aliphatic carbocycles. The standard InChI is InChI=1S/C17H13BrCl2O5/c1-23-17(22)10-2-3-11(13(18)6-10)8-25-16(21)9-24-15-5-4-12(19)7-14(15)20/h2-7H,8-9H2,1H3. The van der Waals surface area contributed by atoms with Crippen LogP contribution < -0.4 is 4.74 Å². The van der Waals surface area contributed by atoms with Crippen LogP contribution >= 0.6 is 39.1 Å². The van der Waals surface area contributed by atoms with Gasteiger partial charge in [0.1, 0.15) is 12.4 Å². The number of halogens is 3. The van der Waals surface area contributed by atoms with Crippen LogP contribution in [0.4, 0.5) is 0 Å². The fourth-order valence-electron chi connectivity index (χ4n) is 1.84. The molecule has 0 radical (unpaired) electrons. The molecule has 0 fully saturated rings. The molecule has 0 bridgehead atoms. The second-order valence-corrected chi connectivity index (χ2v) is 6.52. The number of rotatable bonds is 6. The highest BCUT2D eigenvalue weighted by Crippen LogP contribution is 2.27. The Balaban J connectivity index is 1.88. The van der Waals surface area contributed by atoms with Crippen LogP contribution in [0.25, 0.3) is 0 Å². The SMILES string of the molecule is COC(=O)c1ccc(COC(=O)COc2ccc(Cl)cc2Cl)c(Br)c1. The van der Waals surface area contributed by atoms with Crippen LogP contribution in [-0.4, -0.2) is 25.7 Å². The maximum atomic E-state index is 11.8. The highest BCUT2D eigenvalue weighted by atomic mass is 79.9. The Kier molecular flexibility index (Phi) is 7.11. The molecule has 8 heteroatoms. The summed E-state index contributed by atoms with van der Waals surface area (Å²) < 4.78 is 15.7. The lowest BCUT2D eigenvalue weighted by Crippen LogP contribution is -2.15. The molecule has 0 aliphatic heterocycles. The molecule has 2 aromatic carbocycles. The minimum atomic E-state index is -0.560. The van der Waals surface area contributed by atoms with Gasteiger partial charge in [-0.2, -0.15) is 0 Å². The van der Waals surface area contributed by atoms with E-state index in [2.05, 4.69) is 20.7 Å². The van der Waals surface area contributed by atoms with Crippen LogP contribution in [0.2, 0.25) is 10.0 Å². The molecule has 25 heavy (non-hydrogen) atoms. The quantitative estimate of drug-likeness (QED) is 0.602. The number of hydrogen-bond acceptors (Lipinski definition) is 5. The first-order valence-corrected chi connectivity index (χ1v) is 8.56. The Labute approximate surface area is 162 Å². The average molecular weight is 448 g/mol. The van der Waals surface area contributed by atoms with Crippen molar-refractivity contribution in [2.75, 3.05) is 13.7 Å². The lowest BCUT2D eigenvalue weighted by Gasteiger charge is -2.10. The van der Waals surface area contributed by atoms with E-state index < -0.39 is 11.9 Å². The van der Waals surface area contributed by atoms with Crippen molar-refractivity contribution in [2.45, 2.75) is 6.61 Å². The van der Waals surface area contributed by atoms with Crippen LogP contribution in [0.5, 0.6) is 5.75 Å². The summed E-state index contributed by atoms with van der Waals surface area (Å²) in [6.07, 6.45) is 0. The molecule has 0 unspecified atom stereocenters. The predicted molar refractivity (Wildman–Crippen MR) is 97.2 cm³/mol. The van der Waals surface area contributed by atoms with Gasteiger partial charge in [-0.25, -0.2) is 9.59 Å². The van der Waals surface area contributed by atoms with Crippen molar-refractivity contribution in [2.24, 2.45) is 0 Å². The zero-order valence-corrected chi connectivity index (χ0v) is 16.2. The van der Waals surface area contributed by atoms with Crippen molar-refractivity contribution in [3.05, 3.63) is 62.0 Å². The third-order valence-electron chi connectivity index (χ3n) is 3.10. The Hall–Kier alpha value is -1.76. The normalized spacial score (nSPS) is 10.2. The van der Waals surface area contributed by atoms with Gasteiger partial charge in [0.15, 0.2) is 6.61 Å². The van der Waals surface area contributed by atoms with Gasteiger partial charge in [-0.3, -0.25) is 0 Å². The molecule has 2 rings (SSSR count). The van der Waals surface area contributed by atoms with Crippen LogP contribution in [0, 0.1) is 0 Å². The summed E-state index contributed by atoms with van der Waals surface area (Å²) in [4.78, 5) is 23.2. The predicted octanol–water partition coefficient (Wildman–Crippen LogP) is 4.66.